The molecule has 1 amide bonds. The third kappa shape index (κ3) is 5.71. The number of nitrogens with zero attached hydrogens (tertiary/aromatic N) is 3. The molecule has 0 radical (unpaired) electrons. The van der Waals surface area contributed by atoms with Gasteiger partial charge in [-0.2, -0.15) is 0 Å². The Kier molecular flexibility index (Phi) is 8.57. The molecule has 1 aliphatic rings. The van der Waals surface area contributed by atoms with Crippen molar-refractivity contribution in [1.29, 1.82) is 0 Å². The number of carbonyl (C=O) groups excluding carboxylic acids is 1. The first-order chi connectivity index (χ1) is 15.8. The van der Waals surface area contributed by atoms with Gasteiger partial charge < -0.3 is 10.2 Å². The standard InChI is InChI=1S/C24H30N4O3S2.ClH/c1-4-33(30,31)20-7-5-6-19(16-20)23(29)25-10-11-27-12-14-28(15-13-27)24-26-21-17(2)8-9-18(3)22(21)32-24;/h5-9,16H,4,10-15H2,1-3H3,(H,25,29);1H. The van der Waals surface area contributed by atoms with E-state index in [9.17, 15) is 13.2 Å². The molecule has 1 aliphatic heterocycles. The Morgan fingerprint density at radius 2 is 1.79 bits per heavy atom. The molecule has 2 aromatic carbocycles. The Morgan fingerprint density at radius 3 is 2.47 bits per heavy atom. The lowest BCUT2D eigenvalue weighted by atomic mass is 10.1. The largest absolute Gasteiger partial charge is 0.351 e. The number of anilines is 1. The first-order valence-corrected chi connectivity index (χ1v) is 13.7. The molecule has 1 aromatic heterocycles. The molecule has 1 fully saturated rings. The molecule has 1 N–H and O–H groups in total. The van der Waals surface area contributed by atoms with Crippen LogP contribution >= 0.6 is 23.7 Å². The first kappa shape index (κ1) is 26.4. The van der Waals surface area contributed by atoms with Gasteiger partial charge >= 0.3 is 0 Å². The van der Waals surface area contributed by atoms with Crippen LogP contribution in [-0.4, -0.2) is 69.2 Å². The van der Waals surface area contributed by atoms with Gasteiger partial charge in [-0.3, -0.25) is 9.69 Å². The van der Waals surface area contributed by atoms with E-state index in [1.54, 1.807) is 30.4 Å². The second kappa shape index (κ2) is 11.0. The zero-order valence-electron chi connectivity index (χ0n) is 19.7. The molecule has 0 unspecified atom stereocenters. The maximum absolute atomic E-state index is 12.5. The van der Waals surface area contributed by atoms with Gasteiger partial charge in [0.2, 0.25) is 0 Å². The lowest BCUT2D eigenvalue weighted by molar-refractivity contribution is 0.0947. The van der Waals surface area contributed by atoms with Gasteiger partial charge in [-0.05, 0) is 43.2 Å². The molecule has 184 valence electrons. The van der Waals surface area contributed by atoms with Crippen molar-refractivity contribution in [3.8, 4) is 0 Å². The molecule has 0 atom stereocenters. The van der Waals surface area contributed by atoms with Crippen molar-refractivity contribution in [2.24, 2.45) is 0 Å². The summed E-state index contributed by atoms with van der Waals surface area (Å²) in [6.45, 7) is 10.7. The Labute approximate surface area is 211 Å². The van der Waals surface area contributed by atoms with Gasteiger partial charge in [-0.15, -0.1) is 12.4 Å². The third-order valence-electron chi connectivity index (χ3n) is 6.12. The molecular formula is C24H31ClN4O3S2. The molecule has 34 heavy (non-hydrogen) atoms. The van der Waals surface area contributed by atoms with Crippen molar-refractivity contribution in [2.45, 2.75) is 25.7 Å². The number of amides is 1. The molecule has 4 rings (SSSR count). The van der Waals surface area contributed by atoms with Crippen LogP contribution in [0.15, 0.2) is 41.3 Å². The van der Waals surface area contributed by atoms with Gasteiger partial charge in [0.15, 0.2) is 15.0 Å². The Balaban J connectivity index is 0.00000324. The number of thiazole rings is 1. The number of aryl methyl sites for hydroxylation is 2. The minimum Gasteiger partial charge on any atom is -0.351 e. The number of carbonyl (C=O) groups is 1. The van der Waals surface area contributed by atoms with E-state index in [1.165, 1.54) is 28.0 Å². The summed E-state index contributed by atoms with van der Waals surface area (Å²) in [5.41, 5.74) is 3.96. The highest BCUT2D eigenvalue weighted by molar-refractivity contribution is 7.91. The summed E-state index contributed by atoms with van der Waals surface area (Å²) in [6.07, 6.45) is 0. The number of fused-ring (bicyclic) bond motifs is 1. The minimum atomic E-state index is -3.33. The van der Waals surface area contributed by atoms with Crippen molar-refractivity contribution < 1.29 is 13.2 Å². The van der Waals surface area contributed by atoms with E-state index in [-0.39, 0.29) is 29.0 Å². The topological polar surface area (TPSA) is 82.6 Å². The number of hydrogen-bond acceptors (Lipinski definition) is 7. The summed E-state index contributed by atoms with van der Waals surface area (Å²) in [5, 5.41) is 4.00. The van der Waals surface area contributed by atoms with Crippen molar-refractivity contribution in [2.75, 3.05) is 49.9 Å². The summed E-state index contributed by atoms with van der Waals surface area (Å²) in [4.78, 5) is 22.3. The molecule has 7 nitrogen and oxygen atoms in total. The van der Waals surface area contributed by atoms with Gasteiger partial charge in [-0.1, -0.05) is 36.5 Å². The highest BCUT2D eigenvalue weighted by Gasteiger charge is 2.21. The molecule has 1 saturated heterocycles. The van der Waals surface area contributed by atoms with E-state index in [2.05, 4.69) is 41.1 Å². The predicted molar refractivity (Wildman–Crippen MR) is 141 cm³/mol. The van der Waals surface area contributed by atoms with E-state index >= 15 is 0 Å². The van der Waals surface area contributed by atoms with Crippen LogP contribution in [0.2, 0.25) is 0 Å². The number of piperazine rings is 1. The van der Waals surface area contributed by atoms with Crippen molar-refractivity contribution in [3.63, 3.8) is 0 Å². The Morgan fingerprint density at radius 1 is 1.09 bits per heavy atom. The Bertz CT molecular complexity index is 1230. The summed E-state index contributed by atoms with van der Waals surface area (Å²) in [6, 6.07) is 10.5. The second-order valence-electron chi connectivity index (χ2n) is 8.39. The third-order valence-corrected chi connectivity index (χ3v) is 9.11. The predicted octanol–water partition coefficient (Wildman–Crippen LogP) is 3.68. The monoisotopic (exact) mass is 522 g/mol. The van der Waals surface area contributed by atoms with Crippen LogP contribution in [0.1, 0.15) is 28.4 Å². The normalized spacial score (nSPS) is 14.7. The van der Waals surface area contributed by atoms with E-state index < -0.39 is 9.84 Å². The van der Waals surface area contributed by atoms with Crippen LogP contribution in [0.25, 0.3) is 10.2 Å². The van der Waals surface area contributed by atoms with E-state index in [0.29, 0.717) is 12.1 Å². The highest BCUT2D eigenvalue weighted by atomic mass is 35.5. The minimum absolute atomic E-state index is 0. The molecule has 0 bridgehead atoms. The van der Waals surface area contributed by atoms with E-state index in [4.69, 9.17) is 4.98 Å². The van der Waals surface area contributed by atoms with Crippen LogP contribution < -0.4 is 10.2 Å². The summed E-state index contributed by atoms with van der Waals surface area (Å²) in [7, 11) is -3.33. The van der Waals surface area contributed by atoms with Gasteiger partial charge in [0.1, 0.15) is 0 Å². The van der Waals surface area contributed by atoms with Gasteiger partial charge in [0.25, 0.3) is 5.91 Å². The number of aromatic nitrogens is 1. The zero-order valence-corrected chi connectivity index (χ0v) is 22.2. The number of sulfone groups is 1. The van der Waals surface area contributed by atoms with E-state index in [1.807, 2.05) is 0 Å². The smallest absolute Gasteiger partial charge is 0.251 e. The first-order valence-electron chi connectivity index (χ1n) is 11.2. The summed E-state index contributed by atoms with van der Waals surface area (Å²) < 4.78 is 25.4. The molecule has 10 heteroatoms. The second-order valence-corrected chi connectivity index (χ2v) is 11.6. The number of halogens is 1. The Hall–Kier alpha value is -2.20. The van der Waals surface area contributed by atoms with Crippen LogP contribution in [0.4, 0.5) is 5.13 Å². The lowest BCUT2D eigenvalue weighted by Gasteiger charge is -2.34. The van der Waals surface area contributed by atoms with Gasteiger partial charge in [0, 0.05) is 44.8 Å². The summed E-state index contributed by atoms with van der Waals surface area (Å²) >= 11 is 1.77. The number of hydrogen-bond donors (Lipinski definition) is 1. The molecular weight excluding hydrogens is 492 g/mol. The maximum atomic E-state index is 12.5. The SMILES string of the molecule is CCS(=O)(=O)c1cccc(C(=O)NCCN2CCN(c3nc4c(C)ccc(C)c4s3)CC2)c1.Cl. The fourth-order valence-electron chi connectivity index (χ4n) is 3.97. The molecule has 2 heterocycles. The molecule has 0 saturated carbocycles. The summed E-state index contributed by atoms with van der Waals surface area (Å²) in [5.74, 6) is -0.234. The number of rotatable bonds is 7. The molecule has 0 spiro atoms. The van der Waals surface area contributed by atoms with Crippen LogP contribution in [-0.2, 0) is 9.84 Å². The van der Waals surface area contributed by atoms with Crippen LogP contribution in [0.5, 0.6) is 0 Å². The average Bonchev–Trinajstić information content (AvgIpc) is 3.29. The number of nitrogens with one attached hydrogen (secondary N) is 1. The lowest BCUT2D eigenvalue weighted by Crippen LogP contribution is -2.48. The van der Waals surface area contributed by atoms with Gasteiger partial charge in [-0.25, -0.2) is 13.4 Å². The van der Waals surface area contributed by atoms with E-state index in [0.717, 1.165) is 43.4 Å². The fourth-order valence-corrected chi connectivity index (χ4v) is 6.06. The van der Waals surface area contributed by atoms with Crippen LogP contribution in [0.3, 0.4) is 0 Å². The molecule has 0 aliphatic carbocycles. The average molecular weight is 523 g/mol. The highest BCUT2D eigenvalue weighted by Crippen LogP contribution is 2.33. The fraction of sp³-hybridized carbons (Fsp3) is 0.417. The number of benzene rings is 2. The zero-order chi connectivity index (χ0) is 23.6. The maximum Gasteiger partial charge on any atom is 0.251 e. The van der Waals surface area contributed by atoms with Crippen molar-refractivity contribution in [1.82, 2.24) is 15.2 Å². The van der Waals surface area contributed by atoms with Crippen molar-refractivity contribution in [3.05, 3.63) is 53.1 Å². The molecule has 3 aromatic rings. The quantitative estimate of drug-likeness (QED) is 0.509. The van der Waals surface area contributed by atoms with Gasteiger partial charge in [0.05, 0.1) is 20.9 Å². The van der Waals surface area contributed by atoms with Crippen molar-refractivity contribution >= 4 is 54.8 Å². The van der Waals surface area contributed by atoms with Crippen LogP contribution in [0, 0.1) is 13.8 Å².